The second-order valence-corrected chi connectivity index (χ2v) is 6.25. The minimum Gasteiger partial charge on any atom is -0.465 e. The normalized spacial score (nSPS) is 10.8. The second kappa shape index (κ2) is 7.72. The summed E-state index contributed by atoms with van der Waals surface area (Å²) in [5.74, 6) is -0.354. The van der Waals surface area contributed by atoms with Gasteiger partial charge in [-0.3, -0.25) is 5.43 Å². The number of hydrogen-bond donors (Lipinski definition) is 1. The number of benzene rings is 2. The zero-order chi connectivity index (χ0) is 17.6. The first-order valence-corrected chi connectivity index (χ1v) is 8.54. The number of anilines is 1. The molecule has 25 heavy (non-hydrogen) atoms. The molecule has 126 valence electrons. The topological polar surface area (TPSA) is 63.6 Å². The first-order valence-electron chi connectivity index (χ1n) is 7.66. The van der Waals surface area contributed by atoms with Crippen LogP contribution in [0.4, 0.5) is 5.13 Å². The van der Waals surface area contributed by atoms with E-state index in [-0.39, 0.29) is 5.97 Å². The fourth-order valence-electron chi connectivity index (χ4n) is 2.17. The molecule has 0 atom stereocenters. The summed E-state index contributed by atoms with van der Waals surface area (Å²) < 4.78 is 4.67. The highest BCUT2D eigenvalue weighted by Crippen LogP contribution is 2.25. The summed E-state index contributed by atoms with van der Waals surface area (Å²) >= 11 is 1.50. The molecule has 1 aromatic heterocycles. The Bertz CT molecular complexity index is 884. The quantitative estimate of drug-likeness (QED) is 0.422. The van der Waals surface area contributed by atoms with E-state index in [2.05, 4.69) is 51.4 Å². The summed E-state index contributed by atoms with van der Waals surface area (Å²) in [7, 11) is 1.36. The largest absolute Gasteiger partial charge is 0.465 e. The Morgan fingerprint density at radius 1 is 1.16 bits per heavy atom. The number of nitrogens with one attached hydrogen (secondary N) is 1. The number of methoxy groups -OCH3 is 1. The Balaban J connectivity index is 1.63. The molecule has 2 aromatic carbocycles. The zero-order valence-electron chi connectivity index (χ0n) is 13.9. The number of carbonyl (C=O) groups is 1. The van der Waals surface area contributed by atoms with Gasteiger partial charge in [-0.05, 0) is 24.6 Å². The van der Waals surface area contributed by atoms with Gasteiger partial charge in [-0.1, -0.05) is 42.0 Å². The predicted molar refractivity (Wildman–Crippen MR) is 101 cm³/mol. The average molecular weight is 351 g/mol. The zero-order valence-corrected chi connectivity index (χ0v) is 14.7. The lowest BCUT2D eigenvalue weighted by molar-refractivity contribution is 0.0600. The minimum absolute atomic E-state index is 0.354. The van der Waals surface area contributed by atoms with Crippen molar-refractivity contribution in [2.45, 2.75) is 6.92 Å². The van der Waals surface area contributed by atoms with Crippen molar-refractivity contribution >= 4 is 28.7 Å². The van der Waals surface area contributed by atoms with Crippen LogP contribution in [-0.4, -0.2) is 24.3 Å². The molecule has 0 aliphatic carbocycles. The maximum atomic E-state index is 11.4. The summed E-state index contributed by atoms with van der Waals surface area (Å²) in [6.07, 6.45) is 1.67. The molecule has 0 radical (unpaired) electrons. The summed E-state index contributed by atoms with van der Waals surface area (Å²) in [6, 6.07) is 15.3. The molecule has 0 saturated carbocycles. The van der Waals surface area contributed by atoms with E-state index < -0.39 is 0 Å². The molecule has 5 nitrogen and oxygen atoms in total. The van der Waals surface area contributed by atoms with Crippen LogP contribution >= 0.6 is 11.3 Å². The Labute approximate surface area is 150 Å². The molecule has 0 aliphatic rings. The van der Waals surface area contributed by atoms with Crippen molar-refractivity contribution in [3.63, 3.8) is 0 Å². The summed E-state index contributed by atoms with van der Waals surface area (Å²) in [5, 5.41) is 6.90. The monoisotopic (exact) mass is 351 g/mol. The smallest absolute Gasteiger partial charge is 0.337 e. The molecule has 3 rings (SSSR count). The molecule has 1 heterocycles. The third-order valence-corrected chi connectivity index (χ3v) is 4.30. The van der Waals surface area contributed by atoms with Crippen molar-refractivity contribution < 1.29 is 9.53 Å². The Morgan fingerprint density at radius 3 is 2.56 bits per heavy atom. The van der Waals surface area contributed by atoms with Crippen molar-refractivity contribution in [1.82, 2.24) is 4.98 Å². The average Bonchev–Trinajstić information content (AvgIpc) is 3.11. The van der Waals surface area contributed by atoms with Gasteiger partial charge in [0.2, 0.25) is 5.13 Å². The van der Waals surface area contributed by atoms with E-state index in [1.807, 2.05) is 5.38 Å². The van der Waals surface area contributed by atoms with Gasteiger partial charge >= 0.3 is 5.97 Å². The molecule has 1 N–H and O–H groups in total. The first-order chi connectivity index (χ1) is 12.2. The number of thiazole rings is 1. The van der Waals surface area contributed by atoms with E-state index >= 15 is 0 Å². The number of hydrogen-bond acceptors (Lipinski definition) is 6. The number of aromatic nitrogens is 1. The Kier molecular flexibility index (Phi) is 5.20. The molecule has 0 fully saturated rings. The van der Waals surface area contributed by atoms with Crippen molar-refractivity contribution in [1.29, 1.82) is 0 Å². The molecule has 6 heteroatoms. The number of hydrazone groups is 1. The number of nitrogens with zero attached hydrogens (tertiary/aromatic N) is 2. The molecule has 0 amide bonds. The Hall–Kier alpha value is -2.99. The van der Waals surface area contributed by atoms with Gasteiger partial charge in [0.05, 0.1) is 24.6 Å². The van der Waals surface area contributed by atoms with Crippen LogP contribution in [0.1, 0.15) is 21.5 Å². The van der Waals surface area contributed by atoms with Gasteiger partial charge in [0, 0.05) is 10.9 Å². The van der Waals surface area contributed by atoms with Gasteiger partial charge < -0.3 is 4.74 Å². The van der Waals surface area contributed by atoms with Crippen LogP contribution in [0.25, 0.3) is 11.3 Å². The van der Waals surface area contributed by atoms with Gasteiger partial charge in [0.15, 0.2) is 0 Å². The van der Waals surface area contributed by atoms with Crippen molar-refractivity contribution in [3.8, 4) is 11.3 Å². The van der Waals surface area contributed by atoms with Gasteiger partial charge in [0.25, 0.3) is 0 Å². The van der Waals surface area contributed by atoms with E-state index in [0.29, 0.717) is 5.56 Å². The lowest BCUT2D eigenvalue weighted by atomic mass is 10.1. The number of rotatable bonds is 5. The SMILES string of the molecule is COC(=O)c1ccc(C=NNc2nc(-c3ccc(C)cc3)cs2)cc1. The number of aryl methyl sites for hydroxylation is 1. The summed E-state index contributed by atoms with van der Waals surface area (Å²) in [5.41, 5.74) is 7.53. The first kappa shape index (κ1) is 16.9. The van der Waals surface area contributed by atoms with Crippen LogP contribution in [0.2, 0.25) is 0 Å². The molecule has 0 bridgehead atoms. The fraction of sp³-hybridized carbons (Fsp3) is 0.105. The van der Waals surface area contributed by atoms with Crippen molar-refractivity contribution in [3.05, 3.63) is 70.6 Å². The van der Waals surface area contributed by atoms with Crippen LogP contribution in [-0.2, 0) is 4.74 Å². The van der Waals surface area contributed by atoms with Crippen molar-refractivity contribution in [2.75, 3.05) is 12.5 Å². The second-order valence-electron chi connectivity index (χ2n) is 5.39. The van der Waals surface area contributed by atoms with E-state index in [4.69, 9.17) is 0 Å². The number of ether oxygens (including phenoxy) is 1. The third kappa shape index (κ3) is 4.30. The summed E-state index contributed by atoms with van der Waals surface area (Å²) in [6.45, 7) is 2.06. The maximum Gasteiger partial charge on any atom is 0.337 e. The molecule has 0 saturated heterocycles. The lowest BCUT2D eigenvalue weighted by Gasteiger charge is -1.99. The van der Waals surface area contributed by atoms with E-state index in [9.17, 15) is 4.79 Å². The van der Waals surface area contributed by atoms with Crippen LogP contribution in [0.15, 0.2) is 59.0 Å². The van der Waals surface area contributed by atoms with E-state index in [1.165, 1.54) is 24.0 Å². The lowest BCUT2D eigenvalue weighted by Crippen LogP contribution is -2.00. The van der Waals surface area contributed by atoms with Gasteiger partial charge in [-0.2, -0.15) is 5.10 Å². The molecular weight excluding hydrogens is 334 g/mol. The highest BCUT2D eigenvalue weighted by Gasteiger charge is 2.04. The predicted octanol–water partition coefficient (Wildman–Crippen LogP) is 4.35. The van der Waals surface area contributed by atoms with Crippen molar-refractivity contribution in [2.24, 2.45) is 5.10 Å². The standard InChI is InChI=1S/C19H17N3O2S/c1-13-3-7-15(8-4-13)17-12-25-19(21-17)22-20-11-14-5-9-16(10-6-14)18(23)24-2/h3-12H,1-2H3,(H,21,22). The van der Waals surface area contributed by atoms with E-state index in [0.717, 1.165) is 22.0 Å². The third-order valence-electron chi connectivity index (χ3n) is 3.56. The fourth-order valence-corrected chi connectivity index (χ4v) is 2.84. The number of esters is 1. The van der Waals surface area contributed by atoms with Crippen LogP contribution in [0, 0.1) is 6.92 Å². The maximum absolute atomic E-state index is 11.4. The molecule has 0 unspecified atom stereocenters. The highest BCUT2D eigenvalue weighted by molar-refractivity contribution is 7.14. The Morgan fingerprint density at radius 2 is 1.88 bits per heavy atom. The minimum atomic E-state index is -0.354. The van der Waals surface area contributed by atoms with Gasteiger partial charge in [0.1, 0.15) is 0 Å². The molecule has 0 spiro atoms. The summed E-state index contributed by atoms with van der Waals surface area (Å²) in [4.78, 5) is 15.9. The number of carbonyl (C=O) groups excluding carboxylic acids is 1. The molecular formula is C19H17N3O2S. The molecule has 3 aromatic rings. The molecule has 0 aliphatic heterocycles. The van der Waals surface area contributed by atoms with Gasteiger partial charge in [-0.15, -0.1) is 11.3 Å². The van der Waals surface area contributed by atoms with Gasteiger partial charge in [-0.25, -0.2) is 9.78 Å². The van der Waals surface area contributed by atoms with Crippen LogP contribution < -0.4 is 5.43 Å². The van der Waals surface area contributed by atoms with Crippen LogP contribution in [0.5, 0.6) is 0 Å². The van der Waals surface area contributed by atoms with Crippen LogP contribution in [0.3, 0.4) is 0 Å². The highest BCUT2D eigenvalue weighted by atomic mass is 32.1. The van der Waals surface area contributed by atoms with E-state index in [1.54, 1.807) is 30.5 Å².